The summed E-state index contributed by atoms with van der Waals surface area (Å²) in [5.41, 5.74) is -1.03. The molecule has 2 aromatic heterocycles. The monoisotopic (exact) mass is 332 g/mol. The molecular weight excluding hydrogens is 318 g/mol. The van der Waals surface area contributed by atoms with Crippen LogP contribution in [-0.4, -0.2) is 22.0 Å². The van der Waals surface area contributed by atoms with E-state index in [-0.39, 0.29) is 23.6 Å². The van der Waals surface area contributed by atoms with E-state index in [0.717, 1.165) is 23.4 Å². The first-order valence-corrected chi connectivity index (χ1v) is 7.53. The van der Waals surface area contributed by atoms with Gasteiger partial charge in [0.25, 0.3) is 5.56 Å². The number of aromatic nitrogens is 2. The summed E-state index contributed by atoms with van der Waals surface area (Å²) in [6.07, 6.45) is 2.31. The number of pyridine rings is 1. The highest BCUT2D eigenvalue weighted by Crippen LogP contribution is 2.41. The SMILES string of the molecule is CC#Cc1c(F)c(F)cn2c(=O)c(C(=O)OCC)nc(C3CC3)c12. The predicted octanol–water partition coefficient (Wildman–Crippen LogP) is 2.40. The van der Waals surface area contributed by atoms with E-state index >= 15 is 0 Å². The van der Waals surface area contributed by atoms with Crippen LogP contribution in [0.25, 0.3) is 5.52 Å². The van der Waals surface area contributed by atoms with Crippen molar-refractivity contribution in [2.45, 2.75) is 32.6 Å². The zero-order valence-electron chi connectivity index (χ0n) is 13.2. The second-order valence-electron chi connectivity index (χ2n) is 5.41. The number of hydrogen-bond donors (Lipinski definition) is 0. The molecule has 1 saturated carbocycles. The number of ether oxygens (including phenoxy) is 1. The second kappa shape index (κ2) is 6.04. The predicted molar refractivity (Wildman–Crippen MR) is 81.9 cm³/mol. The molecule has 0 unspecified atom stereocenters. The molecule has 1 fully saturated rings. The fourth-order valence-corrected chi connectivity index (χ4v) is 2.54. The minimum absolute atomic E-state index is 0.0176. The fourth-order valence-electron chi connectivity index (χ4n) is 2.54. The van der Waals surface area contributed by atoms with Crippen LogP contribution >= 0.6 is 0 Å². The molecule has 0 aliphatic heterocycles. The number of nitrogens with zero attached hydrogens (tertiary/aromatic N) is 2. The summed E-state index contributed by atoms with van der Waals surface area (Å²) in [6.45, 7) is 3.16. The third kappa shape index (κ3) is 2.54. The molecule has 0 amide bonds. The Morgan fingerprint density at radius 2 is 2.17 bits per heavy atom. The zero-order chi connectivity index (χ0) is 17.4. The standard InChI is InChI=1S/C17H14F2N2O3/c1-3-5-10-12(19)11(18)8-21-15(10)13(9-6-7-9)20-14(16(21)22)17(23)24-4-2/h8-9H,4,6-7H2,1-2H3. The maximum atomic E-state index is 14.2. The summed E-state index contributed by atoms with van der Waals surface area (Å²) >= 11 is 0. The van der Waals surface area contributed by atoms with Crippen molar-refractivity contribution >= 4 is 11.5 Å². The lowest BCUT2D eigenvalue weighted by Crippen LogP contribution is -2.28. The van der Waals surface area contributed by atoms with Gasteiger partial charge in [0.15, 0.2) is 11.6 Å². The van der Waals surface area contributed by atoms with E-state index in [1.165, 1.54) is 6.92 Å². The van der Waals surface area contributed by atoms with Gasteiger partial charge in [0, 0.05) is 5.92 Å². The normalized spacial score (nSPS) is 13.5. The van der Waals surface area contributed by atoms with Gasteiger partial charge >= 0.3 is 5.97 Å². The maximum Gasteiger partial charge on any atom is 0.362 e. The van der Waals surface area contributed by atoms with Gasteiger partial charge in [0.1, 0.15) is 0 Å². The van der Waals surface area contributed by atoms with Crippen molar-refractivity contribution < 1.29 is 18.3 Å². The number of fused-ring (bicyclic) bond motifs is 1. The minimum Gasteiger partial charge on any atom is -0.461 e. The van der Waals surface area contributed by atoms with E-state index in [1.54, 1.807) is 6.92 Å². The highest BCUT2D eigenvalue weighted by molar-refractivity contribution is 5.87. The molecule has 2 heterocycles. The van der Waals surface area contributed by atoms with Crippen LogP contribution in [0.15, 0.2) is 11.0 Å². The molecule has 0 atom stereocenters. The smallest absolute Gasteiger partial charge is 0.362 e. The quantitative estimate of drug-likeness (QED) is 0.640. The van der Waals surface area contributed by atoms with Crippen LogP contribution in [0, 0.1) is 23.5 Å². The average molecular weight is 332 g/mol. The van der Waals surface area contributed by atoms with Crippen molar-refractivity contribution in [1.29, 1.82) is 0 Å². The maximum absolute atomic E-state index is 14.2. The van der Waals surface area contributed by atoms with Crippen molar-refractivity contribution in [1.82, 2.24) is 9.38 Å². The van der Waals surface area contributed by atoms with Gasteiger partial charge in [-0.2, -0.15) is 0 Å². The Morgan fingerprint density at radius 1 is 1.46 bits per heavy atom. The summed E-state index contributed by atoms with van der Waals surface area (Å²) in [6, 6.07) is 0. The lowest BCUT2D eigenvalue weighted by Gasteiger charge is -2.12. The Kier molecular flexibility index (Phi) is 4.06. The summed E-state index contributed by atoms with van der Waals surface area (Å²) in [7, 11) is 0. The molecule has 1 aliphatic rings. The van der Waals surface area contributed by atoms with Gasteiger partial charge in [-0.3, -0.25) is 9.20 Å². The van der Waals surface area contributed by atoms with Crippen LogP contribution in [0.4, 0.5) is 8.78 Å². The lowest BCUT2D eigenvalue weighted by atomic mass is 10.1. The Bertz CT molecular complexity index is 966. The third-order valence-electron chi connectivity index (χ3n) is 3.73. The van der Waals surface area contributed by atoms with E-state index < -0.39 is 28.9 Å². The van der Waals surface area contributed by atoms with Crippen LogP contribution < -0.4 is 5.56 Å². The molecule has 0 aromatic carbocycles. The van der Waals surface area contributed by atoms with Gasteiger partial charge in [-0.1, -0.05) is 5.92 Å². The van der Waals surface area contributed by atoms with Crippen molar-refractivity contribution in [3.63, 3.8) is 0 Å². The Labute approximate surface area is 136 Å². The molecule has 2 aromatic rings. The number of carbonyl (C=O) groups is 1. The van der Waals surface area contributed by atoms with E-state index in [2.05, 4.69) is 16.8 Å². The number of carbonyl (C=O) groups excluding carboxylic acids is 1. The molecule has 5 nitrogen and oxygen atoms in total. The molecule has 0 saturated heterocycles. The van der Waals surface area contributed by atoms with Crippen molar-refractivity contribution in [3.8, 4) is 11.8 Å². The van der Waals surface area contributed by atoms with Crippen LogP contribution in [0.3, 0.4) is 0 Å². The van der Waals surface area contributed by atoms with Gasteiger partial charge in [0.05, 0.1) is 29.6 Å². The van der Waals surface area contributed by atoms with E-state index in [0.29, 0.717) is 5.69 Å². The molecule has 1 aliphatic carbocycles. The molecule has 24 heavy (non-hydrogen) atoms. The summed E-state index contributed by atoms with van der Waals surface area (Å²) < 4.78 is 33.8. The van der Waals surface area contributed by atoms with E-state index in [4.69, 9.17) is 4.74 Å². The van der Waals surface area contributed by atoms with Crippen LogP contribution in [0.1, 0.15) is 54.4 Å². The molecule has 124 valence electrons. The van der Waals surface area contributed by atoms with E-state index in [1.807, 2.05) is 0 Å². The Morgan fingerprint density at radius 3 is 2.75 bits per heavy atom. The van der Waals surface area contributed by atoms with Crippen molar-refractivity contribution in [2.75, 3.05) is 6.61 Å². The molecule has 3 rings (SSSR count). The van der Waals surface area contributed by atoms with Crippen LogP contribution in [0.2, 0.25) is 0 Å². The number of esters is 1. The average Bonchev–Trinajstić information content (AvgIpc) is 3.38. The van der Waals surface area contributed by atoms with Gasteiger partial charge in [-0.15, -0.1) is 5.92 Å². The van der Waals surface area contributed by atoms with Gasteiger partial charge in [-0.05, 0) is 26.7 Å². The first kappa shape index (κ1) is 16.1. The molecule has 0 radical (unpaired) electrons. The summed E-state index contributed by atoms with van der Waals surface area (Å²) in [5.74, 6) is 1.77. The van der Waals surface area contributed by atoms with Crippen molar-refractivity contribution in [3.05, 3.63) is 45.1 Å². The largest absolute Gasteiger partial charge is 0.461 e. The lowest BCUT2D eigenvalue weighted by molar-refractivity contribution is 0.0516. The number of halogens is 2. The molecule has 0 N–H and O–H groups in total. The van der Waals surface area contributed by atoms with Crippen molar-refractivity contribution in [2.24, 2.45) is 0 Å². The Hall–Kier alpha value is -2.75. The Balaban J connectivity index is 2.44. The molecule has 0 bridgehead atoms. The third-order valence-corrected chi connectivity index (χ3v) is 3.73. The topological polar surface area (TPSA) is 60.7 Å². The van der Waals surface area contributed by atoms with Crippen LogP contribution in [-0.2, 0) is 4.74 Å². The van der Waals surface area contributed by atoms with Gasteiger partial charge < -0.3 is 4.74 Å². The number of hydrogen-bond acceptors (Lipinski definition) is 4. The zero-order valence-corrected chi connectivity index (χ0v) is 13.2. The van der Waals surface area contributed by atoms with E-state index in [9.17, 15) is 18.4 Å². The molecule has 0 spiro atoms. The van der Waals surface area contributed by atoms with Gasteiger partial charge in [0.2, 0.25) is 5.69 Å². The minimum atomic E-state index is -1.22. The van der Waals surface area contributed by atoms with Gasteiger partial charge in [-0.25, -0.2) is 18.6 Å². The second-order valence-corrected chi connectivity index (χ2v) is 5.41. The van der Waals surface area contributed by atoms with Crippen LogP contribution in [0.5, 0.6) is 0 Å². The summed E-state index contributed by atoms with van der Waals surface area (Å²) in [4.78, 5) is 28.6. The highest BCUT2D eigenvalue weighted by atomic mass is 19.2. The summed E-state index contributed by atoms with van der Waals surface area (Å²) in [5, 5.41) is 0. The molecular formula is C17H14F2N2O3. The first-order valence-electron chi connectivity index (χ1n) is 7.53. The number of rotatable bonds is 3. The first-order chi connectivity index (χ1) is 11.5. The molecule has 7 heteroatoms. The fraction of sp³-hybridized carbons (Fsp3) is 0.353. The highest BCUT2D eigenvalue weighted by Gasteiger charge is 2.32.